The molecule has 0 saturated carbocycles. The highest BCUT2D eigenvalue weighted by molar-refractivity contribution is 5.85. The number of carbonyl (C=O) groups excluding carboxylic acids is 1. The molecule has 1 amide bonds. The fraction of sp³-hybridized carbons (Fsp3) is 0.562. The molecule has 1 aromatic rings. The predicted molar refractivity (Wildman–Crippen MR) is 88.4 cm³/mol. The number of halogens is 2. The van der Waals surface area contributed by atoms with Gasteiger partial charge in [0, 0.05) is 31.7 Å². The van der Waals surface area contributed by atoms with Crippen molar-refractivity contribution >= 4 is 18.3 Å². The van der Waals surface area contributed by atoms with E-state index in [0.717, 1.165) is 19.4 Å². The lowest BCUT2D eigenvalue weighted by Gasteiger charge is -2.35. The van der Waals surface area contributed by atoms with Crippen LogP contribution >= 0.6 is 12.4 Å². The minimum absolute atomic E-state index is 0. The fourth-order valence-electron chi connectivity index (χ4n) is 2.80. The summed E-state index contributed by atoms with van der Waals surface area (Å²) in [4.78, 5) is 16.0. The molecular formula is C16H25ClFN3O. The normalized spacial score (nSPS) is 18.6. The van der Waals surface area contributed by atoms with Crippen molar-refractivity contribution in [2.24, 2.45) is 5.73 Å². The summed E-state index contributed by atoms with van der Waals surface area (Å²) in [6, 6.07) is 6.86. The first-order valence-electron chi connectivity index (χ1n) is 7.53. The molecule has 1 atom stereocenters. The molecule has 0 aliphatic carbocycles. The Kier molecular flexibility index (Phi) is 7.79. The van der Waals surface area contributed by atoms with Gasteiger partial charge in [0.05, 0.1) is 6.54 Å². The van der Waals surface area contributed by atoms with E-state index in [-0.39, 0.29) is 24.1 Å². The van der Waals surface area contributed by atoms with Crippen molar-refractivity contribution in [1.29, 1.82) is 0 Å². The van der Waals surface area contributed by atoms with Crippen molar-refractivity contribution in [3.05, 3.63) is 35.6 Å². The number of nitrogens with two attached hydrogens (primary N) is 1. The Morgan fingerprint density at radius 2 is 2.14 bits per heavy atom. The largest absolute Gasteiger partial charge is 0.340 e. The Bertz CT molecular complexity index is 486. The molecule has 6 heteroatoms. The van der Waals surface area contributed by atoms with E-state index in [9.17, 15) is 9.18 Å². The smallest absolute Gasteiger partial charge is 0.236 e. The summed E-state index contributed by atoms with van der Waals surface area (Å²) in [6.45, 7) is 2.17. The number of piperidine rings is 1. The van der Waals surface area contributed by atoms with E-state index >= 15 is 0 Å². The van der Waals surface area contributed by atoms with Gasteiger partial charge in [-0.15, -0.1) is 12.4 Å². The van der Waals surface area contributed by atoms with Crippen molar-refractivity contribution < 1.29 is 9.18 Å². The SMILES string of the molecule is CN(Cc1ccccc1F)C(=O)CN1CCCCC1CN.Cl. The lowest BCUT2D eigenvalue weighted by atomic mass is 10.0. The van der Waals surface area contributed by atoms with Crippen molar-refractivity contribution in [2.75, 3.05) is 26.7 Å². The van der Waals surface area contributed by atoms with E-state index in [4.69, 9.17) is 5.73 Å². The van der Waals surface area contributed by atoms with Gasteiger partial charge in [-0.3, -0.25) is 9.69 Å². The van der Waals surface area contributed by atoms with Crippen LogP contribution in [0.4, 0.5) is 4.39 Å². The summed E-state index contributed by atoms with van der Waals surface area (Å²) in [7, 11) is 1.72. The highest BCUT2D eigenvalue weighted by Gasteiger charge is 2.24. The molecule has 1 unspecified atom stereocenters. The average Bonchev–Trinajstić information content (AvgIpc) is 2.50. The molecule has 0 spiro atoms. The Hall–Kier alpha value is -1.17. The fourth-order valence-corrected chi connectivity index (χ4v) is 2.80. The van der Waals surface area contributed by atoms with Gasteiger partial charge >= 0.3 is 0 Å². The third-order valence-corrected chi connectivity index (χ3v) is 4.15. The summed E-state index contributed by atoms with van der Waals surface area (Å²) >= 11 is 0. The van der Waals surface area contributed by atoms with Crippen molar-refractivity contribution in [3.8, 4) is 0 Å². The Morgan fingerprint density at radius 3 is 2.82 bits per heavy atom. The van der Waals surface area contributed by atoms with Gasteiger partial charge in [-0.2, -0.15) is 0 Å². The Labute approximate surface area is 137 Å². The van der Waals surface area contributed by atoms with Crippen LogP contribution in [0.3, 0.4) is 0 Å². The molecule has 4 nitrogen and oxygen atoms in total. The second-order valence-corrected chi connectivity index (χ2v) is 5.70. The Morgan fingerprint density at radius 1 is 1.41 bits per heavy atom. The summed E-state index contributed by atoms with van der Waals surface area (Å²) in [5, 5.41) is 0. The average molecular weight is 330 g/mol. The second-order valence-electron chi connectivity index (χ2n) is 5.70. The zero-order valence-electron chi connectivity index (χ0n) is 13.0. The third kappa shape index (κ3) is 4.93. The van der Waals surface area contributed by atoms with Crippen LogP contribution in [0.15, 0.2) is 24.3 Å². The molecule has 1 saturated heterocycles. The molecule has 0 aromatic heterocycles. The molecule has 1 heterocycles. The molecule has 2 N–H and O–H groups in total. The van der Waals surface area contributed by atoms with Crippen molar-refractivity contribution in [2.45, 2.75) is 31.8 Å². The van der Waals surface area contributed by atoms with Crippen LogP contribution in [0, 0.1) is 5.82 Å². The molecule has 124 valence electrons. The van der Waals surface area contributed by atoms with E-state index in [1.54, 1.807) is 30.1 Å². The minimum Gasteiger partial charge on any atom is -0.340 e. The van der Waals surface area contributed by atoms with Crippen LogP contribution in [-0.4, -0.2) is 48.4 Å². The maximum absolute atomic E-state index is 13.6. The van der Waals surface area contributed by atoms with Gasteiger partial charge in [0.25, 0.3) is 0 Å². The van der Waals surface area contributed by atoms with Crippen LogP contribution < -0.4 is 5.73 Å². The molecule has 1 aromatic carbocycles. The molecule has 22 heavy (non-hydrogen) atoms. The van der Waals surface area contributed by atoms with Gasteiger partial charge in [-0.1, -0.05) is 24.6 Å². The number of hydrogen-bond donors (Lipinski definition) is 1. The minimum atomic E-state index is -0.269. The maximum Gasteiger partial charge on any atom is 0.236 e. The zero-order chi connectivity index (χ0) is 15.2. The summed E-state index contributed by atoms with van der Waals surface area (Å²) < 4.78 is 13.6. The van der Waals surface area contributed by atoms with Crippen LogP contribution in [0.25, 0.3) is 0 Å². The zero-order valence-corrected chi connectivity index (χ0v) is 13.8. The lowest BCUT2D eigenvalue weighted by molar-refractivity contribution is -0.132. The Balaban J connectivity index is 0.00000242. The standard InChI is InChI=1S/C16H24FN3O.ClH/c1-19(11-13-6-2-3-8-15(13)17)16(21)12-20-9-5-4-7-14(20)10-18;/h2-3,6,8,14H,4-5,7,9-12,18H2,1H3;1H. The van der Waals surface area contributed by atoms with E-state index in [1.165, 1.54) is 12.5 Å². The van der Waals surface area contributed by atoms with E-state index in [1.807, 2.05) is 0 Å². The maximum atomic E-state index is 13.6. The summed E-state index contributed by atoms with van der Waals surface area (Å²) in [5.74, 6) is -0.256. The lowest BCUT2D eigenvalue weighted by Crippen LogP contribution is -2.48. The molecule has 1 aliphatic rings. The van der Waals surface area contributed by atoms with Crippen molar-refractivity contribution in [3.63, 3.8) is 0 Å². The third-order valence-electron chi connectivity index (χ3n) is 4.15. The number of amides is 1. The van der Waals surface area contributed by atoms with Gasteiger partial charge in [0.2, 0.25) is 5.91 Å². The molecule has 0 bridgehead atoms. The monoisotopic (exact) mass is 329 g/mol. The van der Waals surface area contributed by atoms with Crippen LogP contribution in [0.5, 0.6) is 0 Å². The van der Waals surface area contributed by atoms with Gasteiger partial charge in [0.1, 0.15) is 5.82 Å². The predicted octanol–water partition coefficient (Wildman–Crippen LogP) is 2.02. The quantitative estimate of drug-likeness (QED) is 0.899. The molecule has 2 rings (SSSR count). The van der Waals surface area contributed by atoms with Crippen molar-refractivity contribution in [1.82, 2.24) is 9.80 Å². The van der Waals surface area contributed by atoms with Crippen LogP contribution in [0.1, 0.15) is 24.8 Å². The molecular weight excluding hydrogens is 305 g/mol. The first-order chi connectivity index (χ1) is 10.1. The van der Waals surface area contributed by atoms with Gasteiger partial charge in [0.15, 0.2) is 0 Å². The number of nitrogens with zero attached hydrogens (tertiary/aromatic N) is 2. The van der Waals surface area contributed by atoms with Gasteiger partial charge < -0.3 is 10.6 Å². The first kappa shape index (κ1) is 18.9. The molecule has 1 aliphatic heterocycles. The number of benzene rings is 1. The highest BCUT2D eigenvalue weighted by atomic mass is 35.5. The summed E-state index contributed by atoms with van der Waals surface area (Å²) in [5.41, 5.74) is 6.32. The highest BCUT2D eigenvalue weighted by Crippen LogP contribution is 2.16. The van der Waals surface area contributed by atoms with Crippen LogP contribution in [-0.2, 0) is 11.3 Å². The van der Waals surface area contributed by atoms with E-state index < -0.39 is 0 Å². The number of hydrogen-bond acceptors (Lipinski definition) is 3. The topological polar surface area (TPSA) is 49.6 Å². The first-order valence-corrected chi connectivity index (χ1v) is 7.53. The molecule has 0 radical (unpaired) electrons. The molecule has 1 fully saturated rings. The number of likely N-dealkylation sites (tertiary alicyclic amines) is 1. The van der Waals surface area contributed by atoms with Gasteiger partial charge in [-0.05, 0) is 25.5 Å². The number of carbonyl (C=O) groups is 1. The summed E-state index contributed by atoms with van der Waals surface area (Å²) in [6.07, 6.45) is 3.35. The van der Waals surface area contributed by atoms with E-state index in [0.29, 0.717) is 31.2 Å². The number of rotatable bonds is 5. The number of likely N-dealkylation sites (N-methyl/N-ethyl adjacent to an activating group) is 1. The van der Waals surface area contributed by atoms with Gasteiger partial charge in [-0.25, -0.2) is 4.39 Å². The van der Waals surface area contributed by atoms with E-state index in [2.05, 4.69) is 4.90 Å². The second kappa shape index (κ2) is 9.08. The van der Waals surface area contributed by atoms with Crippen LogP contribution in [0.2, 0.25) is 0 Å².